The second-order valence-electron chi connectivity index (χ2n) is 5.96. The van der Waals surface area contributed by atoms with Crippen LogP contribution in [0.15, 0.2) is 18.2 Å². The molecule has 1 aliphatic heterocycles. The van der Waals surface area contributed by atoms with E-state index in [1.807, 2.05) is 0 Å². The molecule has 0 spiro atoms. The topological polar surface area (TPSA) is 50.4 Å². The van der Waals surface area contributed by atoms with Crippen molar-refractivity contribution in [2.24, 2.45) is 0 Å². The van der Waals surface area contributed by atoms with Gasteiger partial charge in [-0.25, -0.2) is 0 Å². The third-order valence-corrected chi connectivity index (χ3v) is 3.96. The molecule has 11 heteroatoms. The van der Waals surface area contributed by atoms with Crippen molar-refractivity contribution in [3.05, 3.63) is 29.3 Å². The standard InChI is InChI=1S/C16H18F6N2O2.ClH/c17-15(18,19)9-24-14(25)8-26-13-2-1-11(16(20,21)22)7-12(13)10-3-5-23-6-4-10;/h1-2,7,10,23H,3-6,8-9H2,(H,24,25);1H. The number of ether oxygens (including phenoxy) is 1. The van der Waals surface area contributed by atoms with Crippen molar-refractivity contribution in [1.82, 2.24) is 10.6 Å². The fraction of sp³-hybridized carbons (Fsp3) is 0.562. The molecule has 0 bridgehead atoms. The zero-order chi connectivity index (χ0) is 19.4. The van der Waals surface area contributed by atoms with Crippen LogP contribution in [-0.4, -0.2) is 38.3 Å². The third-order valence-electron chi connectivity index (χ3n) is 3.96. The van der Waals surface area contributed by atoms with Crippen molar-refractivity contribution < 1.29 is 35.9 Å². The van der Waals surface area contributed by atoms with Crippen LogP contribution in [0, 0.1) is 0 Å². The van der Waals surface area contributed by atoms with Gasteiger partial charge in [-0.1, -0.05) is 0 Å². The average molecular weight is 421 g/mol. The summed E-state index contributed by atoms with van der Waals surface area (Å²) in [7, 11) is 0. The number of alkyl halides is 6. The molecule has 0 atom stereocenters. The molecule has 0 unspecified atom stereocenters. The first-order valence-electron chi connectivity index (χ1n) is 7.94. The van der Waals surface area contributed by atoms with Gasteiger partial charge in [-0.15, -0.1) is 12.4 Å². The Kier molecular flexibility index (Phi) is 8.22. The molecule has 4 nitrogen and oxygen atoms in total. The highest BCUT2D eigenvalue weighted by Gasteiger charge is 2.32. The van der Waals surface area contributed by atoms with Gasteiger partial charge < -0.3 is 15.4 Å². The molecule has 1 aliphatic rings. The highest BCUT2D eigenvalue weighted by atomic mass is 35.5. The number of piperidine rings is 1. The molecule has 0 aromatic heterocycles. The summed E-state index contributed by atoms with van der Waals surface area (Å²) in [5, 5.41) is 4.74. The summed E-state index contributed by atoms with van der Waals surface area (Å²) < 4.78 is 80.3. The number of hydrogen-bond donors (Lipinski definition) is 2. The van der Waals surface area contributed by atoms with E-state index in [1.165, 1.54) is 0 Å². The molecule has 0 radical (unpaired) electrons. The second-order valence-corrected chi connectivity index (χ2v) is 5.96. The normalized spacial score (nSPS) is 15.8. The minimum Gasteiger partial charge on any atom is -0.483 e. The van der Waals surface area contributed by atoms with Crippen molar-refractivity contribution in [3.63, 3.8) is 0 Å². The Morgan fingerprint density at radius 1 is 1.15 bits per heavy atom. The lowest BCUT2D eigenvalue weighted by Gasteiger charge is -2.25. The zero-order valence-corrected chi connectivity index (χ0v) is 14.9. The second kappa shape index (κ2) is 9.50. The number of carbonyl (C=O) groups excluding carboxylic acids is 1. The van der Waals surface area contributed by atoms with Gasteiger partial charge in [-0.3, -0.25) is 4.79 Å². The molecule has 1 fully saturated rings. The number of halogens is 7. The SMILES string of the molecule is Cl.O=C(COc1ccc(C(F)(F)F)cc1C1CCNCC1)NCC(F)(F)F. The van der Waals surface area contributed by atoms with Gasteiger partial charge in [-0.05, 0) is 55.6 Å². The van der Waals surface area contributed by atoms with Gasteiger partial charge in [0.1, 0.15) is 12.3 Å². The van der Waals surface area contributed by atoms with Crippen LogP contribution in [0.5, 0.6) is 5.75 Å². The monoisotopic (exact) mass is 420 g/mol. The smallest absolute Gasteiger partial charge is 0.416 e. The number of amides is 1. The Labute approximate surface area is 158 Å². The van der Waals surface area contributed by atoms with E-state index in [4.69, 9.17) is 4.74 Å². The minimum absolute atomic E-state index is 0. The average Bonchev–Trinajstić information content (AvgIpc) is 2.57. The van der Waals surface area contributed by atoms with E-state index in [9.17, 15) is 31.1 Å². The lowest BCUT2D eigenvalue weighted by Crippen LogP contribution is -2.36. The van der Waals surface area contributed by atoms with Crippen molar-refractivity contribution in [1.29, 1.82) is 0 Å². The van der Waals surface area contributed by atoms with E-state index in [2.05, 4.69) is 5.32 Å². The first-order valence-corrected chi connectivity index (χ1v) is 7.94. The van der Waals surface area contributed by atoms with E-state index in [-0.39, 0.29) is 24.1 Å². The van der Waals surface area contributed by atoms with Gasteiger partial charge in [0.2, 0.25) is 0 Å². The molecule has 1 amide bonds. The lowest BCUT2D eigenvalue weighted by atomic mass is 9.88. The molecule has 1 saturated heterocycles. The first kappa shape index (κ1) is 23.4. The predicted octanol–water partition coefficient (Wildman–Crippen LogP) is 3.65. The fourth-order valence-corrected chi connectivity index (χ4v) is 2.70. The molecule has 2 N–H and O–H groups in total. The van der Waals surface area contributed by atoms with Crippen LogP contribution in [0.1, 0.15) is 29.9 Å². The Bertz CT molecular complexity index is 630. The lowest BCUT2D eigenvalue weighted by molar-refractivity contribution is -0.139. The summed E-state index contributed by atoms with van der Waals surface area (Å²) >= 11 is 0. The van der Waals surface area contributed by atoms with Crippen molar-refractivity contribution in [3.8, 4) is 5.75 Å². The fourth-order valence-electron chi connectivity index (χ4n) is 2.70. The zero-order valence-electron chi connectivity index (χ0n) is 14.0. The maximum Gasteiger partial charge on any atom is 0.416 e. The summed E-state index contributed by atoms with van der Waals surface area (Å²) in [5.41, 5.74) is -0.523. The summed E-state index contributed by atoms with van der Waals surface area (Å²) in [5.74, 6) is -1.11. The Hall–Kier alpha value is -1.68. The molecule has 154 valence electrons. The van der Waals surface area contributed by atoms with E-state index in [1.54, 1.807) is 5.32 Å². The molecular weight excluding hydrogens is 402 g/mol. The van der Waals surface area contributed by atoms with E-state index in [0.29, 0.717) is 31.5 Å². The van der Waals surface area contributed by atoms with Crippen LogP contribution in [-0.2, 0) is 11.0 Å². The van der Waals surface area contributed by atoms with Crippen molar-refractivity contribution in [2.75, 3.05) is 26.2 Å². The van der Waals surface area contributed by atoms with Gasteiger partial charge in [0.25, 0.3) is 5.91 Å². The summed E-state index contributed by atoms with van der Waals surface area (Å²) in [6.07, 6.45) is -7.88. The van der Waals surface area contributed by atoms with Crippen molar-refractivity contribution in [2.45, 2.75) is 31.1 Å². The van der Waals surface area contributed by atoms with Crippen LogP contribution in [0.4, 0.5) is 26.3 Å². The Balaban J connectivity index is 0.00000364. The summed E-state index contributed by atoms with van der Waals surface area (Å²) in [6, 6.07) is 2.92. The van der Waals surface area contributed by atoms with Crippen LogP contribution in [0.2, 0.25) is 0 Å². The van der Waals surface area contributed by atoms with Crippen LogP contribution >= 0.6 is 12.4 Å². The maximum atomic E-state index is 13.0. The molecule has 27 heavy (non-hydrogen) atoms. The summed E-state index contributed by atoms with van der Waals surface area (Å²) in [6.45, 7) is -0.943. The molecular formula is C16H19ClF6N2O2. The number of hydrogen-bond acceptors (Lipinski definition) is 3. The van der Waals surface area contributed by atoms with Gasteiger partial charge in [0.05, 0.1) is 5.56 Å². The highest BCUT2D eigenvalue weighted by molar-refractivity contribution is 5.85. The van der Waals surface area contributed by atoms with Crippen molar-refractivity contribution >= 4 is 18.3 Å². The number of rotatable bonds is 5. The van der Waals surface area contributed by atoms with Crippen LogP contribution < -0.4 is 15.4 Å². The Morgan fingerprint density at radius 2 is 1.78 bits per heavy atom. The molecule has 0 saturated carbocycles. The van der Waals surface area contributed by atoms with Crippen LogP contribution in [0.25, 0.3) is 0 Å². The minimum atomic E-state index is -4.55. The quantitative estimate of drug-likeness (QED) is 0.715. The predicted molar refractivity (Wildman–Crippen MR) is 88.1 cm³/mol. The highest BCUT2D eigenvalue weighted by Crippen LogP contribution is 2.38. The molecule has 1 aromatic rings. The largest absolute Gasteiger partial charge is 0.483 e. The molecule has 2 rings (SSSR count). The number of benzene rings is 1. The third kappa shape index (κ3) is 7.45. The molecule has 1 aromatic carbocycles. The first-order chi connectivity index (χ1) is 12.1. The summed E-state index contributed by atoms with van der Waals surface area (Å²) in [4.78, 5) is 11.5. The van der Waals surface area contributed by atoms with Gasteiger partial charge in [0.15, 0.2) is 6.61 Å². The van der Waals surface area contributed by atoms with E-state index in [0.717, 1.165) is 18.2 Å². The molecule has 1 heterocycles. The number of carbonyl (C=O) groups is 1. The maximum absolute atomic E-state index is 13.0. The number of nitrogens with one attached hydrogen (secondary N) is 2. The van der Waals surface area contributed by atoms with E-state index < -0.39 is 37.0 Å². The van der Waals surface area contributed by atoms with Gasteiger partial charge in [0, 0.05) is 0 Å². The van der Waals surface area contributed by atoms with Crippen LogP contribution in [0.3, 0.4) is 0 Å². The van der Waals surface area contributed by atoms with E-state index >= 15 is 0 Å². The Morgan fingerprint density at radius 3 is 2.33 bits per heavy atom. The molecule has 0 aliphatic carbocycles. The van der Waals surface area contributed by atoms with Gasteiger partial charge in [-0.2, -0.15) is 26.3 Å². The van der Waals surface area contributed by atoms with Gasteiger partial charge >= 0.3 is 12.4 Å².